The molecule has 0 aliphatic heterocycles. The van der Waals surface area contributed by atoms with Crippen molar-refractivity contribution in [2.24, 2.45) is 0 Å². The van der Waals surface area contributed by atoms with Crippen LogP contribution in [0.15, 0.2) is 41.0 Å². The number of aromatic carboxylic acids is 1. The quantitative estimate of drug-likeness (QED) is 0.678. The Labute approximate surface area is 121 Å². The van der Waals surface area contributed by atoms with Crippen LogP contribution in [0.4, 0.5) is 5.69 Å². The van der Waals surface area contributed by atoms with Gasteiger partial charge in [0.05, 0.1) is 10.5 Å². The standard InChI is InChI=1S/C12H7BrN2O5/c13-8-2-4-11(14-6-8)20-10-5-7(12(16)17)1-3-9(10)15(18)19/h1-6H,(H,16,17). The van der Waals surface area contributed by atoms with E-state index in [1.807, 2.05) is 0 Å². The van der Waals surface area contributed by atoms with E-state index in [9.17, 15) is 14.9 Å². The minimum atomic E-state index is -1.20. The van der Waals surface area contributed by atoms with E-state index in [1.165, 1.54) is 12.3 Å². The summed E-state index contributed by atoms with van der Waals surface area (Å²) >= 11 is 3.20. The van der Waals surface area contributed by atoms with Crippen LogP contribution in [0.5, 0.6) is 11.6 Å². The monoisotopic (exact) mass is 338 g/mol. The van der Waals surface area contributed by atoms with Crippen molar-refractivity contribution in [3.63, 3.8) is 0 Å². The van der Waals surface area contributed by atoms with Crippen LogP contribution in [0.2, 0.25) is 0 Å². The van der Waals surface area contributed by atoms with Crippen molar-refractivity contribution in [1.82, 2.24) is 4.98 Å². The van der Waals surface area contributed by atoms with Crippen molar-refractivity contribution >= 4 is 27.6 Å². The first-order valence-electron chi connectivity index (χ1n) is 5.28. The fraction of sp³-hybridized carbons (Fsp3) is 0. The predicted octanol–water partition coefficient (Wildman–Crippen LogP) is 3.24. The van der Waals surface area contributed by atoms with Crippen LogP contribution in [0.25, 0.3) is 0 Å². The van der Waals surface area contributed by atoms with Crippen LogP contribution in [0.3, 0.4) is 0 Å². The SMILES string of the molecule is O=C(O)c1ccc([N+](=O)[O-])c(Oc2ccc(Br)cn2)c1. The fourth-order valence-corrected chi connectivity index (χ4v) is 1.65. The zero-order chi connectivity index (χ0) is 14.7. The van der Waals surface area contributed by atoms with Crippen LogP contribution >= 0.6 is 15.9 Å². The predicted molar refractivity (Wildman–Crippen MR) is 72.1 cm³/mol. The highest BCUT2D eigenvalue weighted by atomic mass is 79.9. The third-order valence-electron chi connectivity index (χ3n) is 2.32. The van der Waals surface area contributed by atoms with E-state index < -0.39 is 10.9 Å². The zero-order valence-electron chi connectivity index (χ0n) is 9.82. The van der Waals surface area contributed by atoms with Gasteiger partial charge in [-0.05, 0) is 28.1 Å². The molecule has 0 fully saturated rings. The molecule has 0 aliphatic carbocycles. The summed E-state index contributed by atoms with van der Waals surface area (Å²) in [7, 11) is 0. The van der Waals surface area contributed by atoms with Gasteiger partial charge in [0.15, 0.2) is 0 Å². The maximum absolute atomic E-state index is 10.9. The van der Waals surface area contributed by atoms with Gasteiger partial charge in [-0.3, -0.25) is 10.1 Å². The summed E-state index contributed by atoms with van der Waals surface area (Å²) in [6, 6.07) is 6.46. The minimum Gasteiger partial charge on any atom is -0.478 e. The van der Waals surface area contributed by atoms with Crippen molar-refractivity contribution in [3.05, 3.63) is 56.7 Å². The second-order valence-electron chi connectivity index (χ2n) is 3.66. The number of carboxylic acid groups (broad SMARTS) is 1. The largest absolute Gasteiger partial charge is 0.478 e. The molecule has 7 nitrogen and oxygen atoms in total. The van der Waals surface area contributed by atoms with Gasteiger partial charge < -0.3 is 9.84 Å². The fourth-order valence-electron chi connectivity index (χ4n) is 1.42. The molecule has 0 amide bonds. The minimum absolute atomic E-state index is 0.109. The molecule has 0 saturated heterocycles. The summed E-state index contributed by atoms with van der Waals surface area (Å²) in [5.41, 5.74) is -0.442. The van der Waals surface area contributed by atoms with Gasteiger partial charge in [0.2, 0.25) is 11.6 Å². The molecule has 20 heavy (non-hydrogen) atoms. The number of hydrogen-bond donors (Lipinski definition) is 1. The van der Waals surface area contributed by atoms with E-state index >= 15 is 0 Å². The molecule has 0 radical (unpaired) electrons. The van der Waals surface area contributed by atoms with E-state index in [0.29, 0.717) is 0 Å². The van der Waals surface area contributed by atoms with Gasteiger partial charge in [0, 0.05) is 28.9 Å². The second kappa shape index (κ2) is 5.66. The third kappa shape index (κ3) is 3.09. The molecule has 102 valence electrons. The number of nitro groups is 1. The Hall–Kier alpha value is -2.48. The average molecular weight is 339 g/mol. The number of nitro benzene ring substituents is 1. The topological polar surface area (TPSA) is 103 Å². The van der Waals surface area contributed by atoms with E-state index in [1.54, 1.807) is 6.07 Å². The Morgan fingerprint density at radius 2 is 2.10 bits per heavy atom. The second-order valence-corrected chi connectivity index (χ2v) is 4.58. The third-order valence-corrected chi connectivity index (χ3v) is 2.79. The van der Waals surface area contributed by atoms with Crippen LogP contribution in [0.1, 0.15) is 10.4 Å². The molecule has 1 N–H and O–H groups in total. The molecule has 0 atom stereocenters. The van der Waals surface area contributed by atoms with Gasteiger partial charge in [-0.2, -0.15) is 0 Å². The normalized spacial score (nSPS) is 10.1. The van der Waals surface area contributed by atoms with Crippen LogP contribution < -0.4 is 4.74 Å². The Balaban J connectivity index is 2.41. The summed E-state index contributed by atoms with van der Waals surface area (Å²) in [4.78, 5) is 25.0. The van der Waals surface area contributed by atoms with E-state index in [-0.39, 0.29) is 22.9 Å². The highest BCUT2D eigenvalue weighted by Crippen LogP contribution is 2.31. The number of carbonyl (C=O) groups is 1. The molecule has 1 aromatic carbocycles. The average Bonchev–Trinajstić information content (AvgIpc) is 2.41. The summed E-state index contributed by atoms with van der Waals surface area (Å²) in [5, 5.41) is 19.8. The first kappa shape index (κ1) is 13.9. The lowest BCUT2D eigenvalue weighted by molar-refractivity contribution is -0.385. The number of pyridine rings is 1. The van der Waals surface area contributed by atoms with E-state index in [0.717, 1.165) is 22.7 Å². The van der Waals surface area contributed by atoms with E-state index in [4.69, 9.17) is 9.84 Å². The summed E-state index contributed by atoms with van der Waals surface area (Å²) in [6.07, 6.45) is 1.46. The van der Waals surface area contributed by atoms with Crippen molar-refractivity contribution in [3.8, 4) is 11.6 Å². The van der Waals surface area contributed by atoms with Crippen molar-refractivity contribution < 1.29 is 19.6 Å². The van der Waals surface area contributed by atoms with Gasteiger partial charge in [-0.1, -0.05) is 0 Å². The molecule has 8 heteroatoms. The number of benzene rings is 1. The maximum atomic E-state index is 10.9. The molecule has 0 saturated carbocycles. The number of carboxylic acids is 1. The first-order valence-corrected chi connectivity index (χ1v) is 6.08. The number of nitrogens with zero attached hydrogens (tertiary/aromatic N) is 2. The van der Waals surface area contributed by atoms with Crippen LogP contribution in [-0.4, -0.2) is 21.0 Å². The summed E-state index contributed by atoms with van der Waals surface area (Å²) in [5.74, 6) is -1.25. The molecule has 0 unspecified atom stereocenters. The van der Waals surface area contributed by atoms with Crippen molar-refractivity contribution in [1.29, 1.82) is 0 Å². The smallest absolute Gasteiger partial charge is 0.335 e. The Kier molecular flexibility index (Phi) is 3.94. The molecule has 1 heterocycles. The molecule has 0 spiro atoms. The summed E-state index contributed by atoms with van der Waals surface area (Å²) in [6.45, 7) is 0. The van der Waals surface area contributed by atoms with Crippen LogP contribution in [0, 0.1) is 10.1 Å². The first-order chi connectivity index (χ1) is 9.47. The van der Waals surface area contributed by atoms with Crippen molar-refractivity contribution in [2.45, 2.75) is 0 Å². The lowest BCUT2D eigenvalue weighted by Crippen LogP contribution is -2.00. The molecule has 2 rings (SSSR count). The lowest BCUT2D eigenvalue weighted by Gasteiger charge is -2.06. The molecule has 0 bridgehead atoms. The lowest BCUT2D eigenvalue weighted by atomic mass is 10.2. The number of rotatable bonds is 4. The maximum Gasteiger partial charge on any atom is 0.335 e. The molecular formula is C12H7BrN2O5. The number of ether oxygens (including phenoxy) is 1. The molecule has 1 aromatic heterocycles. The Morgan fingerprint density at radius 1 is 1.35 bits per heavy atom. The Bertz CT molecular complexity index is 672. The molecule has 2 aromatic rings. The molecular weight excluding hydrogens is 332 g/mol. The van der Waals surface area contributed by atoms with Crippen LogP contribution in [-0.2, 0) is 0 Å². The molecule has 0 aliphatic rings. The van der Waals surface area contributed by atoms with Gasteiger partial charge in [-0.25, -0.2) is 9.78 Å². The van der Waals surface area contributed by atoms with E-state index in [2.05, 4.69) is 20.9 Å². The number of halogens is 1. The highest BCUT2D eigenvalue weighted by molar-refractivity contribution is 9.10. The summed E-state index contributed by atoms with van der Waals surface area (Å²) < 4.78 is 6.00. The van der Waals surface area contributed by atoms with Gasteiger partial charge in [0.1, 0.15) is 0 Å². The number of hydrogen-bond acceptors (Lipinski definition) is 5. The zero-order valence-corrected chi connectivity index (χ0v) is 11.4. The van der Waals surface area contributed by atoms with Gasteiger partial charge >= 0.3 is 11.7 Å². The number of aromatic nitrogens is 1. The van der Waals surface area contributed by atoms with Crippen molar-refractivity contribution in [2.75, 3.05) is 0 Å². The highest BCUT2D eigenvalue weighted by Gasteiger charge is 2.19. The van der Waals surface area contributed by atoms with Gasteiger partial charge in [-0.15, -0.1) is 0 Å². The Morgan fingerprint density at radius 3 is 2.65 bits per heavy atom. The van der Waals surface area contributed by atoms with Gasteiger partial charge in [0.25, 0.3) is 0 Å².